The fourth-order valence-electron chi connectivity index (χ4n) is 2.59. The zero-order chi connectivity index (χ0) is 13.9. The summed E-state index contributed by atoms with van der Waals surface area (Å²) in [5.41, 5.74) is 0. The highest BCUT2D eigenvalue weighted by Gasteiger charge is 2.39. The van der Waals surface area contributed by atoms with E-state index in [0.29, 0.717) is 39.3 Å². The van der Waals surface area contributed by atoms with Gasteiger partial charge in [-0.15, -0.1) is 0 Å². The van der Waals surface area contributed by atoms with Gasteiger partial charge in [0.15, 0.2) is 0 Å². The summed E-state index contributed by atoms with van der Waals surface area (Å²) in [4.78, 5) is 24.2. The van der Waals surface area contributed by atoms with Crippen LogP contribution in [0.15, 0.2) is 0 Å². The van der Waals surface area contributed by atoms with E-state index < -0.39 is 0 Å². The third-order valence-electron chi connectivity index (χ3n) is 4.00. The van der Waals surface area contributed by atoms with Crippen LogP contribution in [0.25, 0.3) is 0 Å². The summed E-state index contributed by atoms with van der Waals surface area (Å²) in [6, 6.07) is 0. The Kier molecular flexibility index (Phi) is 4.21. The van der Waals surface area contributed by atoms with Gasteiger partial charge in [0.05, 0.1) is 25.0 Å². The molecule has 0 bridgehead atoms. The van der Waals surface area contributed by atoms with Gasteiger partial charge in [-0.3, -0.25) is 9.59 Å². The van der Waals surface area contributed by atoms with Gasteiger partial charge in [0.2, 0.25) is 0 Å². The standard InChI is InChI=1S/C14H20O6/c15-13(19-7-9-5-17-9)11-3-1-2-4-12(11)14(16)20-8-10-6-18-10/h9-12H,1-8H2/t9-,10-,11+,12+/m0/s1. The fourth-order valence-corrected chi connectivity index (χ4v) is 2.59. The highest BCUT2D eigenvalue weighted by Crippen LogP contribution is 2.32. The van der Waals surface area contributed by atoms with E-state index in [1.54, 1.807) is 0 Å². The average Bonchev–Trinajstić information content (AvgIpc) is 3.36. The Hall–Kier alpha value is -1.14. The zero-order valence-corrected chi connectivity index (χ0v) is 11.4. The largest absolute Gasteiger partial charge is 0.463 e. The normalized spacial score (nSPS) is 35.2. The van der Waals surface area contributed by atoms with E-state index in [-0.39, 0.29) is 36.0 Å². The number of hydrogen-bond donors (Lipinski definition) is 0. The fraction of sp³-hybridized carbons (Fsp3) is 0.857. The lowest BCUT2D eigenvalue weighted by atomic mass is 9.79. The molecule has 112 valence electrons. The second-order valence-electron chi connectivity index (χ2n) is 5.67. The lowest BCUT2D eigenvalue weighted by Crippen LogP contribution is -2.35. The Morgan fingerprint density at radius 2 is 1.25 bits per heavy atom. The molecular formula is C14H20O6. The van der Waals surface area contributed by atoms with E-state index in [1.807, 2.05) is 0 Å². The summed E-state index contributed by atoms with van der Waals surface area (Å²) in [7, 11) is 0. The van der Waals surface area contributed by atoms with Crippen LogP contribution in [0.1, 0.15) is 25.7 Å². The minimum absolute atomic E-state index is 0.0555. The highest BCUT2D eigenvalue weighted by atomic mass is 16.6. The van der Waals surface area contributed by atoms with E-state index in [9.17, 15) is 9.59 Å². The molecule has 2 heterocycles. The van der Waals surface area contributed by atoms with Crippen LogP contribution in [-0.2, 0) is 28.5 Å². The molecule has 0 aromatic heterocycles. The summed E-state index contributed by atoms with van der Waals surface area (Å²) < 4.78 is 20.5. The third-order valence-corrected chi connectivity index (χ3v) is 4.00. The molecule has 6 nitrogen and oxygen atoms in total. The zero-order valence-electron chi connectivity index (χ0n) is 11.4. The topological polar surface area (TPSA) is 77.7 Å². The van der Waals surface area contributed by atoms with Crippen LogP contribution in [-0.4, -0.2) is 50.6 Å². The van der Waals surface area contributed by atoms with Crippen molar-refractivity contribution in [3.8, 4) is 0 Å². The predicted molar refractivity (Wildman–Crippen MR) is 66.8 cm³/mol. The second kappa shape index (κ2) is 6.10. The van der Waals surface area contributed by atoms with E-state index in [4.69, 9.17) is 18.9 Å². The van der Waals surface area contributed by atoms with Crippen molar-refractivity contribution in [1.82, 2.24) is 0 Å². The number of carbonyl (C=O) groups is 2. The Morgan fingerprint density at radius 3 is 1.60 bits per heavy atom. The smallest absolute Gasteiger partial charge is 0.309 e. The molecule has 3 fully saturated rings. The van der Waals surface area contributed by atoms with Crippen molar-refractivity contribution in [3.63, 3.8) is 0 Å². The molecule has 0 unspecified atom stereocenters. The van der Waals surface area contributed by atoms with Gasteiger partial charge in [-0.1, -0.05) is 12.8 Å². The van der Waals surface area contributed by atoms with Gasteiger partial charge in [0.1, 0.15) is 25.4 Å². The molecule has 20 heavy (non-hydrogen) atoms. The van der Waals surface area contributed by atoms with E-state index in [1.165, 1.54) is 0 Å². The maximum Gasteiger partial charge on any atom is 0.309 e. The summed E-state index contributed by atoms with van der Waals surface area (Å²) in [5, 5.41) is 0. The Labute approximate surface area is 117 Å². The monoisotopic (exact) mass is 284 g/mol. The van der Waals surface area contributed by atoms with Crippen molar-refractivity contribution in [2.45, 2.75) is 37.9 Å². The molecule has 2 aliphatic heterocycles. The van der Waals surface area contributed by atoms with Crippen molar-refractivity contribution >= 4 is 11.9 Å². The maximum atomic E-state index is 12.1. The number of ether oxygens (including phenoxy) is 4. The highest BCUT2D eigenvalue weighted by molar-refractivity contribution is 5.82. The summed E-state index contributed by atoms with van der Waals surface area (Å²) in [6.07, 6.45) is 3.42. The van der Waals surface area contributed by atoms with Crippen LogP contribution < -0.4 is 0 Å². The first-order valence-electron chi connectivity index (χ1n) is 7.30. The van der Waals surface area contributed by atoms with Crippen LogP contribution in [0, 0.1) is 11.8 Å². The Morgan fingerprint density at radius 1 is 0.850 bits per heavy atom. The minimum atomic E-state index is -0.366. The molecule has 3 aliphatic rings. The van der Waals surface area contributed by atoms with Crippen LogP contribution >= 0.6 is 0 Å². The van der Waals surface area contributed by atoms with Gasteiger partial charge >= 0.3 is 11.9 Å². The van der Waals surface area contributed by atoms with Crippen molar-refractivity contribution in [1.29, 1.82) is 0 Å². The lowest BCUT2D eigenvalue weighted by Gasteiger charge is -2.28. The molecule has 3 rings (SSSR count). The number of carbonyl (C=O) groups excluding carboxylic acids is 2. The molecule has 0 amide bonds. The van der Waals surface area contributed by atoms with Crippen LogP contribution in [0.5, 0.6) is 0 Å². The minimum Gasteiger partial charge on any atom is -0.463 e. The molecule has 0 aromatic carbocycles. The first-order chi connectivity index (χ1) is 9.74. The molecule has 0 aromatic rings. The first kappa shape index (κ1) is 13.8. The van der Waals surface area contributed by atoms with Crippen LogP contribution in [0.4, 0.5) is 0 Å². The molecule has 0 spiro atoms. The predicted octanol–water partition coefficient (Wildman–Crippen LogP) is 0.677. The molecule has 4 atom stereocenters. The Bertz CT molecular complexity index is 338. The van der Waals surface area contributed by atoms with Crippen molar-refractivity contribution in [2.24, 2.45) is 11.8 Å². The number of esters is 2. The van der Waals surface area contributed by atoms with Crippen molar-refractivity contribution < 1.29 is 28.5 Å². The molecule has 0 N–H and O–H groups in total. The van der Waals surface area contributed by atoms with Gasteiger partial charge in [-0.05, 0) is 12.8 Å². The van der Waals surface area contributed by atoms with Crippen molar-refractivity contribution in [3.05, 3.63) is 0 Å². The molecule has 1 aliphatic carbocycles. The average molecular weight is 284 g/mol. The first-order valence-corrected chi connectivity index (χ1v) is 7.30. The third kappa shape index (κ3) is 3.70. The van der Waals surface area contributed by atoms with Crippen molar-refractivity contribution in [2.75, 3.05) is 26.4 Å². The molecule has 2 saturated heterocycles. The molecule has 1 saturated carbocycles. The number of rotatable bonds is 6. The maximum absolute atomic E-state index is 12.1. The Balaban J connectivity index is 1.50. The van der Waals surface area contributed by atoms with Gasteiger partial charge < -0.3 is 18.9 Å². The van der Waals surface area contributed by atoms with Gasteiger partial charge in [0, 0.05) is 0 Å². The molecular weight excluding hydrogens is 264 g/mol. The molecule has 6 heteroatoms. The SMILES string of the molecule is O=C(OC[C@@H]1CO1)[C@@H]1CCCC[C@H]1C(=O)OC[C@@H]1CO1. The molecule has 0 radical (unpaired) electrons. The van der Waals surface area contributed by atoms with Gasteiger partial charge in [-0.2, -0.15) is 0 Å². The van der Waals surface area contributed by atoms with E-state index in [2.05, 4.69) is 0 Å². The quantitative estimate of drug-likeness (QED) is 0.527. The van der Waals surface area contributed by atoms with Crippen LogP contribution in [0.2, 0.25) is 0 Å². The summed E-state index contributed by atoms with van der Waals surface area (Å²) in [5.74, 6) is -1.31. The second-order valence-corrected chi connectivity index (χ2v) is 5.67. The number of hydrogen-bond acceptors (Lipinski definition) is 6. The van der Waals surface area contributed by atoms with E-state index in [0.717, 1.165) is 12.8 Å². The summed E-state index contributed by atoms with van der Waals surface area (Å²) >= 11 is 0. The number of epoxide rings is 2. The lowest BCUT2D eigenvalue weighted by molar-refractivity contribution is -0.163. The van der Waals surface area contributed by atoms with E-state index >= 15 is 0 Å². The van der Waals surface area contributed by atoms with Gasteiger partial charge in [-0.25, -0.2) is 0 Å². The van der Waals surface area contributed by atoms with Crippen LogP contribution in [0.3, 0.4) is 0 Å². The summed E-state index contributed by atoms with van der Waals surface area (Å²) in [6.45, 7) is 1.91. The van der Waals surface area contributed by atoms with Gasteiger partial charge in [0.25, 0.3) is 0 Å².